The molecule has 0 heterocycles. The molecule has 0 atom stereocenters. The highest BCUT2D eigenvalue weighted by Crippen LogP contribution is 2.20. The molecule has 0 aliphatic heterocycles. The molecule has 0 amide bonds. The van der Waals surface area contributed by atoms with E-state index in [2.05, 4.69) is 11.9 Å². The number of diazo groups is 1. The standard InChI is InChI=1S/C9H11N2/c1-6-4-9(11-10)5-7(2)8(6)3/h4-5H,1-3H3/q+1. The maximum absolute atomic E-state index is 8.50. The molecule has 0 saturated heterocycles. The van der Waals surface area contributed by atoms with Crippen LogP contribution in [0, 0.1) is 26.2 Å². The van der Waals surface area contributed by atoms with Crippen molar-refractivity contribution in [3.05, 3.63) is 33.8 Å². The number of nitrogens with zero attached hydrogens (tertiary/aromatic N) is 2. The summed E-state index contributed by atoms with van der Waals surface area (Å²) in [6, 6.07) is 3.73. The zero-order chi connectivity index (χ0) is 8.43. The van der Waals surface area contributed by atoms with Gasteiger partial charge in [-0.3, -0.25) is 0 Å². The van der Waals surface area contributed by atoms with E-state index in [1.807, 2.05) is 26.0 Å². The Labute approximate surface area is 66.5 Å². The first kappa shape index (κ1) is 7.74. The highest BCUT2D eigenvalue weighted by Gasteiger charge is 2.07. The number of aryl methyl sites for hydroxylation is 2. The summed E-state index contributed by atoms with van der Waals surface area (Å²) in [6.07, 6.45) is 0. The van der Waals surface area contributed by atoms with Crippen LogP contribution >= 0.6 is 0 Å². The van der Waals surface area contributed by atoms with Gasteiger partial charge < -0.3 is 0 Å². The van der Waals surface area contributed by atoms with Crippen molar-refractivity contribution in [2.75, 3.05) is 0 Å². The van der Waals surface area contributed by atoms with Gasteiger partial charge in [-0.2, -0.15) is 0 Å². The Bertz CT molecular complexity index is 298. The Kier molecular flexibility index (Phi) is 1.91. The van der Waals surface area contributed by atoms with Crippen LogP contribution in [0.2, 0.25) is 0 Å². The summed E-state index contributed by atoms with van der Waals surface area (Å²) >= 11 is 0. The Morgan fingerprint density at radius 2 is 1.55 bits per heavy atom. The second-order valence-corrected chi connectivity index (χ2v) is 2.80. The van der Waals surface area contributed by atoms with Crippen LogP contribution in [0.25, 0.3) is 4.98 Å². The van der Waals surface area contributed by atoms with Crippen molar-refractivity contribution in [2.45, 2.75) is 20.8 Å². The maximum atomic E-state index is 8.50. The first-order valence-corrected chi connectivity index (χ1v) is 3.58. The van der Waals surface area contributed by atoms with E-state index in [0.29, 0.717) is 5.69 Å². The van der Waals surface area contributed by atoms with Crippen LogP contribution in [-0.2, 0) is 0 Å². The second-order valence-electron chi connectivity index (χ2n) is 2.80. The molecule has 0 unspecified atom stereocenters. The average molecular weight is 147 g/mol. The number of rotatable bonds is 0. The molecule has 0 radical (unpaired) electrons. The molecular weight excluding hydrogens is 136 g/mol. The first-order chi connectivity index (χ1) is 5.15. The molecule has 2 nitrogen and oxygen atoms in total. The van der Waals surface area contributed by atoms with E-state index in [0.717, 1.165) is 11.1 Å². The normalized spacial score (nSPS) is 9.27. The Morgan fingerprint density at radius 3 is 1.91 bits per heavy atom. The predicted octanol–water partition coefficient (Wildman–Crippen LogP) is 3.10. The Morgan fingerprint density at radius 1 is 1.09 bits per heavy atom. The number of hydrogen-bond donors (Lipinski definition) is 0. The fraction of sp³-hybridized carbons (Fsp3) is 0.333. The molecular formula is C9H11N2+. The largest absolute Gasteiger partial charge is 0.385 e. The zero-order valence-electron chi connectivity index (χ0n) is 7.05. The summed E-state index contributed by atoms with van der Waals surface area (Å²) in [7, 11) is 0. The van der Waals surface area contributed by atoms with Crippen LogP contribution in [0.4, 0.5) is 5.69 Å². The van der Waals surface area contributed by atoms with Crippen LogP contribution in [0.5, 0.6) is 0 Å². The van der Waals surface area contributed by atoms with Gasteiger partial charge in [0.25, 0.3) is 0 Å². The highest BCUT2D eigenvalue weighted by molar-refractivity contribution is 5.51. The van der Waals surface area contributed by atoms with Crippen molar-refractivity contribution < 1.29 is 0 Å². The van der Waals surface area contributed by atoms with Crippen molar-refractivity contribution >= 4 is 5.69 Å². The van der Waals surface area contributed by atoms with Gasteiger partial charge in [0, 0.05) is 12.1 Å². The van der Waals surface area contributed by atoms with Crippen LogP contribution < -0.4 is 0 Å². The minimum Gasteiger partial charge on any atom is -0.0447 e. The fourth-order valence-electron chi connectivity index (χ4n) is 1.07. The minimum atomic E-state index is 0.630. The molecule has 56 valence electrons. The molecule has 0 fully saturated rings. The van der Waals surface area contributed by atoms with Gasteiger partial charge in [0.15, 0.2) is 4.98 Å². The molecule has 0 spiro atoms. The molecule has 1 rings (SSSR count). The first-order valence-electron chi connectivity index (χ1n) is 3.58. The van der Waals surface area contributed by atoms with E-state index in [-0.39, 0.29) is 0 Å². The minimum absolute atomic E-state index is 0.630. The summed E-state index contributed by atoms with van der Waals surface area (Å²) in [5.41, 5.74) is 4.22. The van der Waals surface area contributed by atoms with E-state index in [4.69, 9.17) is 5.39 Å². The lowest BCUT2D eigenvalue weighted by molar-refractivity contribution is 1.27. The zero-order valence-corrected chi connectivity index (χ0v) is 7.05. The van der Waals surface area contributed by atoms with Crippen LogP contribution in [0.3, 0.4) is 0 Å². The molecule has 0 saturated carbocycles. The summed E-state index contributed by atoms with van der Waals surface area (Å²) in [4.78, 5) is 3.13. The van der Waals surface area contributed by atoms with E-state index >= 15 is 0 Å². The maximum Gasteiger partial charge on any atom is 0.385 e. The van der Waals surface area contributed by atoms with E-state index < -0.39 is 0 Å². The van der Waals surface area contributed by atoms with Crippen molar-refractivity contribution in [2.24, 2.45) is 0 Å². The summed E-state index contributed by atoms with van der Waals surface area (Å²) < 4.78 is 0. The molecule has 11 heavy (non-hydrogen) atoms. The van der Waals surface area contributed by atoms with Crippen LogP contribution in [-0.4, -0.2) is 0 Å². The van der Waals surface area contributed by atoms with Gasteiger partial charge in [0.05, 0.1) is 0 Å². The molecule has 1 aromatic carbocycles. The molecule has 0 aliphatic rings. The molecule has 1 aromatic rings. The van der Waals surface area contributed by atoms with E-state index in [9.17, 15) is 0 Å². The third-order valence-corrected chi connectivity index (χ3v) is 2.03. The summed E-state index contributed by atoms with van der Waals surface area (Å²) in [6.45, 7) is 6.08. The van der Waals surface area contributed by atoms with Gasteiger partial charge in [0.1, 0.15) is 0 Å². The number of benzene rings is 1. The van der Waals surface area contributed by atoms with Crippen molar-refractivity contribution in [1.82, 2.24) is 0 Å². The highest BCUT2D eigenvalue weighted by atomic mass is 14.8. The lowest BCUT2D eigenvalue weighted by Crippen LogP contribution is -1.84. The molecule has 2 heteroatoms. The summed E-state index contributed by atoms with van der Waals surface area (Å²) in [5.74, 6) is 0. The van der Waals surface area contributed by atoms with Gasteiger partial charge in [-0.1, -0.05) is 0 Å². The Hall–Kier alpha value is -1.36. The van der Waals surface area contributed by atoms with Crippen LogP contribution in [0.1, 0.15) is 16.7 Å². The van der Waals surface area contributed by atoms with Gasteiger partial charge >= 0.3 is 5.69 Å². The average Bonchev–Trinajstić information content (AvgIpc) is 1.99. The van der Waals surface area contributed by atoms with Gasteiger partial charge in [-0.05, 0) is 37.5 Å². The summed E-state index contributed by atoms with van der Waals surface area (Å²) in [5, 5.41) is 8.50. The SMILES string of the molecule is Cc1cc([N+]#N)cc(C)c1C. The molecule has 0 aromatic heterocycles. The predicted molar refractivity (Wildman–Crippen MR) is 45.4 cm³/mol. The number of hydrogen-bond acceptors (Lipinski definition) is 1. The third kappa shape index (κ3) is 1.38. The molecule has 0 aliphatic carbocycles. The quantitative estimate of drug-likeness (QED) is 0.518. The van der Waals surface area contributed by atoms with E-state index in [1.165, 1.54) is 5.56 Å². The topological polar surface area (TPSA) is 28.1 Å². The van der Waals surface area contributed by atoms with E-state index in [1.54, 1.807) is 0 Å². The van der Waals surface area contributed by atoms with Crippen molar-refractivity contribution in [3.8, 4) is 0 Å². The van der Waals surface area contributed by atoms with Gasteiger partial charge in [-0.15, -0.1) is 0 Å². The molecule has 0 N–H and O–H groups in total. The van der Waals surface area contributed by atoms with Gasteiger partial charge in [-0.25, -0.2) is 0 Å². The lowest BCUT2D eigenvalue weighted by Gasteiger charge is -1.99. The Balaban J connectivity index is 3.35. The second kappa shape index (κ2) is 2.71. The monoisotopic (exact) mass is 147 g/mol. The van der Waals surface area contributed by atoms with Crippen LogP contribution in [0.15, 0.2) is 12.1 Å². The smallest absolute Gasteiger partial charge is 0.0447 e. The van der Waals surface area contributed by atoms with Gasteiger partial charge in [0.2, 0.25) is 5.39 Å². The van der Waals surface area contributed by atoms with Crippen molar-refractivity contribution in [3.63, 3.8) is 0 Å². The lowest BCUT2D eigenvalue weighted by atomic mass is 10.0. The van der Waals surface area contributed by atoms with Crippen molar-refractivity contribution in [1.29, 1.82) is 5.39 Å². The third-order valence-electron chi connectivity index (χ3n) is 2.03. The fourth-order valence-corrected chi connectivity index (χ4v) is 1.07. The molecule has 0 bridgehead atoms.